The van der Waals surface area contributed by atoms with E-state index in [0.29, 0.717) is 6.42 Å². The Hall–Kier alpha value is -1.84. The molecule has 1 atom stereocenters. The van der Waals surface area contributed by atoms with Gasteiger partial charge < -0.3 is 5.32 Å². The van der Waals surface area contributed by atoms with E-state index in [1.807, 2.05) is 38.1 Å². The number of aryl methyl sites for hydroxylation is 1. The predicted octanol–water partition coefficient (Wildman–Crippen LogP) is 2.87. The number of benzene rings is 1. The van der Waals surface area contributed by atoms with E-state index in [9.17, 15) is 13.2 Å². The zero-order valence-electron chi connectivity index (χ0n) is 14.6. The Morgan fingerprint density at radius 3 is 2.52 bits per heavy atom. The second-order valence-electron chi connectivity index (χ2n) is 5.96. The van der Waals surface area contributed by atoms with E-state index in [0.717, 1.165) is 22.5 Å². The average Bonchev–Trinajstić information content (AvgIpc) is 3.02. The van der Waals surface area contributed by atoms with Gasteiger partial charge in [-0.1, -0.05) is 56.4 Å². The maximum absolute atomic E-state index is 12.6. The second-order valence-corrected chi connectivity index (χ2v) is 8.82. The summed E-state index contributed by atoms with van der Waals surface area (Å²) < 4.78 is 27.7. The molecule has 7 nitrogen and oxygen atoms in total. The molecule has 1 aromatic carbocycles. The molecule has 1 unspecified atom stereocenters. The number of amides is 1. The second kappa shape index (κ2) is 8.03. The van der Waals surface area contributed by atoms with Gasteiger partial charge in [-0.3, -0.25) is 4.79 Å². The van der Waals surface area contributed by atoms with E-state index in [-0.39, 0.29) is 27.3 Å². The molecule has 0 radical (unpaired) electrons. The van der Waals surface area contributed by atoms with E-state index in [2.05, 4.69) is 20.2 Å². The lowest BCUT2D eigenvalue weighted by atomic mass is 10.0. The summed E-state index contributed by atoms with van der Waals surface area (Å²) in [7, 11) is -3.83. The van der Waals surface area contributed by atoms with Gasteiger partial charge in [-0.05, 0) is 24.5 Å². The fourth-order valence-corrected chi connectivity index (χ4v) is 4.42. The van der Waals surface area contributed by atoms with Gasteiger partial charge in [0.15, 0.2) is 0 Å². The molecule has 0 aliphatic carbocycles. The molecule has 0 saturated carbocycles. The maximum Gasteiger partial charge on any atom is 0.270 e. The van der Waals surface area contributed by atoms with Crippen LogP contribution in [-0.4, -0.2) is 24.5 Å². The fourth-order valence-electron chi connectivity index (χ4n) is 2.20. The SMILES string of the molecule is CCC(NS(=O)(=O)c1nnc(NC(=O)C(C)C)s1)c1ccccc1C. The van der Waals surface area contributed by atoms with Crippen LogP contribution >= 0.6 is 11.3 Å². The average molecular weight is 383 g/mol. The van der Waals surface area contributed by atoms with Crippen molar-refractivity contribution in [2.75, 3.05) is 5.32 Å². The molecule has 1 aromatic heterocycles. The third-order valence-corrected chi connectivity index (χ3v) is 6.34. The lowest BCUT2D eigenvalue weighted by molar-refractivity contribution is -0.118. The van der Waals surface area contributed by atoms with Gasteiger partial charge in [0.05, 0.1) is 0 Å². The molecule has 0 fully saturated rings. The normalized spacial score (nSPS) is 13.0. The Morgan fingerprint density at radius 1 is 1.24 bits per heavy atom. The molecule has 0 spiro atoms. The minimum Gasteiger partial charge on any atom is -0.300 e. The first kappa shape index (κ1) is 19.5. The van der Waals surface area contributed by atoms with Gasteiger partial charge in [0.25, 0.3) is 10.0 Å². The summed E-state index contributed by atoms with van der Waals surface area (Å²) in [5, 5.41) is 10.2. The van der Waals surface area contributed by atoms with Gasteiger partial charge in [0, 0.05) is 12.0 Å². The molecule has 2 aromatic rings. The molecule has 25 heavy (non-hydrogen) atoms. The fraction of sp³-hybridized carbons (Fsp3) is 0.438. The van der Waals surface area contributed by atoms with Crippen molar-refractivity contribution in [1.29, 1.82) is 0 Å². The van der Waals surface area contributed by atoms with Crippen LogP contribution in [-0.2, 0) is 14.8 Å². The zero-order valence-corrected chi connectivity index (χ0v) is 16.2. The van der Waals surface area contributed by atoms with Crippen LogP contribution < -0.4 is 10.0 Å². The van der Waals surface area contributed by atoms with E-state index in [1.165, 1.54) is 0 Å². The minimum absolute atomic E-state index is 0.168. The highest BCUT2D eigenvalue weighted by molar-refractivity contribution is 7.91. The lowest BCUT2D eigenvalue weighted by Gasteiger charge is -2.18. The maximum atomic E-state index is 12.6. The quantitative estimate of drug-likeness (QED) is 0.717. The number of nitrogens with one attached hydrogen (secondary N) is 2. The van der Waals surface area contributed by atoms with Crippen LogP contribution in [0.1, 0.15) is 44.4 Å². The smallest absolute Gasteiger partial charge is 0.270 e. The van der Waals surface area contributed by atoms with Gasteiger partial charge in [-0.25, -0.2) is 13.1 Å². The van der Waals surface area contributed by atoms with Crippen LogP contribution in [0.15, 0.2) is 28.6 Å². The summed E-state index contributed by atoms with van der Waals surface area (Å²) in [5.74, 6) is -0.466. The molecule has 2 N–H and O–H groups in total. The van der Waals surface area contributed by atoms with Crippen LogP contribution in [0, 0.1) is 12.8 Å². The Labute approximate surface area is 151 Å². The first-order chi connectivity index (χ1) is 11.7. The Morgan fingerprint density at radius 2 is 1.92 bits per heavy atom. The largest absolute Gasteiger partial charge is 0.300 e. The van der Waals surface area contributed by atoms with E-state index in [4.69, 9.17) is 0 Å². The highest BCUT2D eigenvalue weighted by Gasteiger charge is 2.25. The lowest BCUT2D eigenvalue weighted by Crippen LogP contribution is -2.28. The number of nitrogens with zero attached hydrogens (tertiary/aromatic N) is 2. The third kappa shape index (κ3) is 4.83. The molecular formula is C16H22N4O3S2. The highest BCUT2D eigenvalue weighted by Crippen LogP contribution is 2.25. The van der Waals surface area contributed by atoms with Crippen LogP contribution in [0.5, 0.6) is 0 Å². The van der Waals surface area contributed by atoms with E-state index >= 15 is 0 Å². The summed E-state index contributed by atoms with van der Waals surface area (Å²) in [4.78, 5) is 11.7. The Balaban J connectivity index is 2.20. The molecule has 0 saturated heterocycles. The van der Waals surface area contributed by atoms with Crippen molar-refractivity contribution in [3.63, 3.8) is 0 Å². The van der Waals surface area contributed by atoms with Gasteiger partial charge in [-0.2, -0.15) is 0 Å². The molecule has 2 rings (SSSR count). The van der Waals surface area contributed by atoms with Crippen LogP contribution in [0.3, 0.4) is 0 Å². The van der Waals surface area contributed by atoms with Gasteiger partial charge in [-0.15, -0.1) is 10.2 Å². The number of aromatic nitrogens is 2. The summed E-state index contributed by atoms with van der Waals surface area (Å²) in [6, 6.07) is 7.28. The van der Waals surface area contributed by atoms with Crippen molar-refractivity contribution in [1.82, 2.24) is 14.9 Å². The number of rotatable bonds is 7. The van der Waals surface area contributed by atoms with E-state index < -0.39 is 10.0 Å². The van der Waals surface area contributed by atoms with Crippen LogP contribution in [0.2, 0.25) is 0 Å². The molecule has 0 aliphatic rings. The third-order valence-electron chi connectivity index (χ3n) is 3.66. The number of carbonyl (C=O) groups is 1. The first-order valence-corrected chi connectivity index (χ1v) is 10.3. The number of hydrogen-bond acceptors (Lipinski definition) is 6. The monoisotopic (exact) mass is 382 g/mol. The summed E-state index contributed by atoms with van der Waals surface area (Å²) in [6.07, 6.45) is 0.597. The molecule has 9 heteroatoms. The standard InChI is InChI=1S/C16H22N4O3S2/c1-5-13(12-9-7-6-8-11(12)4)20-25(22,23)16-19-18-15(24-16)17-14(21)10(2)3/h6-10,13,20H,5H2,1-4H3,(H,17,18,21). The molecule has 1 heterocycles. The summed E-state index contributed by atoms with van der Waals surface area (Å²) in [6.45, 7) is 7.33. The minimum atomic E-state index is -3.83. The molecule has 0 aliphatic heterocycles. The van der Waals surface area contributed by atoms with Crippen molar-refractivity contribution < 1.29 is 13.2 Å². The zero-order chi connectivity index (χ0) is 18.6. The van der Waals surface area contributed by atoms with Crippen LogP contribution in [0.25, 0.3) is 0 Å². The molecule has 1 amide bonds. The molecule has 136 valence electrons. The number of carbonyl (C=O) groups excluding carboxylic acids is 1. The number of sulfonamides is 1. The van der Waals surface area contributed by atoms with Crippen molar-refractivity contribution in [2.45, 2.75) is 44.5 Å². The highest BCUT2D eigenvalue weighted by atomic mass is 32.2. The van der Waals surface area contributed by atoms with Gasteiger partial charge >= 0.3 is 0 Å². The van der Waals surface area contributed by atoms with Crippen molar-refractivity contribution in [2.24, 2.45) is 5.92 Å². The topological polar surface area (TPSA) is 101 Å². The number of anilines is 1. The Kier molecular flexibility index (Phi) is 6.26. The van der Waals surface area contributed by atoms with Gasteiger partial charge in [0.1, 0.15) is 0 Å². The van der Waals surface area contributed by atoms with E-state index in [1.54, 1.807) is 13.8 Å². The van der Waals surface area contributed by atoms with Crippen molar-refractivity contribution >= 4 is 32.4 Å². The summed E-state index contributed by atoms with van der Waals surface area (Å²) in [5.41, 5.74) is 1.94. The van der Waals surface area contributed by atoms with Crippen LogP contribution in [0.4, 0.5) is 5.13 Å². The first-order valence-electron chi connectivity index (χ1n) is 7.96. The predicted molar refractivity (Wildman–Crippen MR) is 97.9 cm³/mol. The molecular weight excluding hydrogens is 360 g/mol. The summed E-state index contributed by atoms with van der Waals surface area (Å²) >= 11 is 0.833. The number of hydrogen-bond donors (Lipinski definition) is 2. The Bertz CT molecular complexity index is 847. The van der Waals surface area contributed by atoms with Crippen molar-refractivity contribution in [3.05, 3.63) is 35.4 Å². The van der Waals surface area contributed by atoms with Gasteiger partial charge in [0.2, 0.25) is 15.4 Å². The van der Waals surface area contributed by atoms with Crippen molar-refractivity contribution in [3.8, 4) is 0 Å². The molecule has 0 bridgehead atoms.